The van der Waals surface area contributed by atoms with Crippen molar-refractivity contribution in [2.24, 2.45) is 0 Å². The van der Waals surface area contributed by atoms with Gasteiger partial charge in [-0.25, -0.2) is 0 Å². The van der Waals surface area contributed by atoms with Gasteiger partial charge in [0.05, 0.1) is 0 Å². The zero-order chi connectivity index (χ0) is 17.8. The molecule has 25 heavy (non-hydrogen) atoms. The first-order valence-corrected chi connectivity index (χ1v) is 9.72. The van der Waals surface area contributed by atoms with E-state index < -0.39 is 0 Å². The van der Waals surface area contributed by atoms with Crippen LogP contribution in [0.2, 0.25) is 0 Å². The molecule has 0 spiro atoms. The second-order valence-corrected chi connectivity index (χ2v) is 8.17. The maximum atomic E-state index is 12.5. The van der Waals surface area contributed by atoms with Crippen LogP contribution in [0.3, 0.4) is 0 Å². The molecule has 0 aliphatic carbocycles. The van der Waals surface area contributed by atoms with Crippen LogP contribution >= 0.6 is 0 Å². The van der Waals surface area contributed by atoms with Gasteiger partial charge in [-0.05, 0) is 0 Å². The predicted octanol–water partition coefficient (Wildman–Crippen LogP) is 2.09. The number of nitrogens with one attached hydrogen (secondary N) is 2. The number of benzene rings is 2. The van der Waals surface area contributed by atoms with Crippen LogP contribution in [-0.4, -0.2) is 32.3 Å². The van der Waals surface area contributed by atoms with E-state index >= 15 is 0 Å². The summed E-state index contributed by atoms with van der Waals surface area (Å²) >= 11 is -0.108. The molecule has 2 aromatic rings. The van der Waals surface area contributed by atoms with Gasteiger partial charge in [-0.15, -0.1) is 0 Å². The molecule has 5 nitrogen and oxygen atoms in total. The zero-order valence-corrected chi connectivity index (χ0v) is 15.7. The Balaban J connectivity index is 1.86. The molecule has 6 heteroatoms. The van der Waals surface area contributed by atoms with Gasteiger partial charge in [-0.1, -0.05) is 0 Å². The Hall–Kier alpha value is -2.56. The molecule has 0 saturated heterocycles. The van der Waals surface area contributed by atoms with Crippen LogP contribution in [0, 0.1) is 13.8 Å². The normalized spacial score (nSPS) is 16.3. The third-order valence-corrected chi connectivity index (χ3v) is 5.94. The number of hydrogen-bond donors (Lipinski definition) is 2. The third-order valence-electron chi connectivity index (χ3n) is 3.74. The van der Waals surface area contributed by atoms with E-state index in [2.05, 4.69) is 28.8 Å². The van der Waals surface area contributed by atoms with Crippen molar-refractivity contribution in [2.45, 2.75) is 18.9 Å². The second-order valence-electron chi connectivity index (χ2n) is 5.82. The minimum atomic E-state index is -0.191. The molecular formula is C19H19N3O2Se. The topological polar surface area (TPSA) is 61.4 Å². The average molecular weight is 400 g/mol. The minimum absolute atomic E-state index is 0.108. The third kappa shape index (κ3) is 4.10. The molecule has 0 bridgehead atoms. The van der Waals surface area contributed by atoms with Gasteiger partial charge >= 0.3 is 153 Å². The first-order chi connectivity index (χ1) is 12.1. The zero-order valence-electron chi connectivity index (χ0n) is 14.0. The fraction of sp³-hybridized carbons (Fsp3) is 0.158. The molecule has 1 unspecified atom stereocenters. The first kappa shape index (κ1) is 17.3. The number of hydrogen-bond acceptors (Lipinski definition) is 3. The van der Waals surface area contributed by atoms with E-state index in [9.17, 15) is 9.59 Å². The van der Waals surface area contributed by atoms with Crippen molar-refractivity contribution in [1.29, 1.82) is 0 Å². The second kappa shape index (κ2) is 7.55. The van der Waals surface area contributed by atoms with Gasteiger partial charge in [-0.2, -0.15) is 0 Å². The molecule has 128 valence electrons. The van der Waals surface area contributed by atoms with Crippen LogP contribution in [0.1, 0.15) is 21.5 Å². The van der Waals surface area contributed by atoms with Gasteiger partial charge in [0.15, 0.2) is 0 Å². The standard InChI is InChI=1S/C19H19N3O2Se/c1-13-8-14(2)10-16(9-13)22-11-17(20-12-23)25-19(22)21-18(24)15-6-4-3-5-7-15/h3-12,19H,1-2H3,(H,20,23)(H,21,24). The molecule has 0 aromatic heterocycles. The summed E-state index contributed by atoms with van der Waals surface area (Å²) in [5, 5.41) is 5.62. The van der Waals surface area contributed by atoms with Crippen LogP contribution in [0.25, 0.3) is 0 Å². The molecule has 1 aliphatic heterocycles. The Morgan fingerprint density at radius 1 is 1.12 bits per heavy atom. The number of aryl methyl sites for hydroxylation is 2. The van der Waals surface area contributed by atoms with Crippen molar-refractivity contribution >= 4 is 33.0 Å². The van der Waals surface area contributed by atoms with E-state index in [1.807, 2.05) is 43.1 Å². The molecule has 2 aromatic carbocycles. The molecular weight excluding hydrogens is 381 g/mol. The molecule has 1 atom stereocenters. The summed E-state index contributed by atoms with van der Waals surface area (Å²) in [5.41, 5.74) is 3.93. The maximum absolute atomic E-state index is 12.5. The molecule has 3 rings (SSSR count). The van der Waals surface area contributed by atoms with E-state index in [1.165, 1.54) is 0 Å². The van der Waals surface area contributed by atoms with E-state index in [1.54, 1.807) is 12.1 Å². The van der Waals surface area contributed by atoms with E-state index in [-0.39, 0.29) is 25.9 Å². The Morgan fingerprint density at radius 3 is 2.44 bits per heavy atom. The summed E-state index contributed by atoms with van der Waals surface area (Å²) < 4.78 is 0.833. The van der Waals surface area contributed by atoms with Crippen molar-refractivity contribution in [3.05, 3.63) is 76.0 Å². The Morgan fingerprint density at radius 2 is 1.80 bits per heavy atom. The van der Waals surface area contributed by atoms with Crippen LogP contribution in [0.15, 0.2) is 59.3 Å². The van der Waals surface area contributed by atoms with Crippen LogP contribution < -0.4 is 15.5 Å². The van der Waals surface area contributed by atoms with Crippen molar-refractivity contribution in [3.8, 4) is 0 Å². The number of anilines is 1. The van der Waals surface area contributed by atoms with Gasteiger partial charge in [0.1, 0.15) is 0 Å². The predicted molar refractivity (Wildman–Crippen MR) is 99.1 cm³/mol. The molecule has 0 saturated carbocycles. The molecule has 0 radical (unpaired) electrons. The van der Waals surface area contributed by atoms with Crippen LogP contribution in [-0.2, 0) is 4.79 Å². The molecule has 2 amide bonds. The summed E-state index contributed by atoms with van der Waals surface area (Å²) in [7, 11) is 0. The number of rotatable bonds is 5. The number of amides is 2. The van der Waals surface area contributed by atoms with E-state index in [0.29, 0.717) is 12.0 Å². The van der Waals surface area contributed by atoms with Gasteiger partial charge in [0.25, 0.3) is 0 Å². The monoisotopic (exact) mass is 401 g/mol. The number of nitrogens with zero attached hydrogens (tertiary/aromatic N) is 1. The van der Waals surface area contributed by atoms with E-state index in [4.69, 9.17) is 0 Å². The Kier molecular flexibility index (Phi) is 5.22. The van der Waals surface area contributed by atoms with Gasteiger partial charge in [0, 0.05) is 0 Å². The Labute approximate surface area is 153 Å². The summed E-state index contributed by atoms with van der Waals surface area (Å²) in [6.07, 6.45) is 2.58. The van der Waals surface area contributed by atoms with Crippen molar-refractivity contribution < 1.29 is 9.59 Å². The fourth-order valence-corrected chi connectivity index (χ4v) is 4.81. The van der Waals surface area contributed by atoms with Gasteiger partial charge in [0.2, 0.25) is 0 Å². The fourth-order valence-electron chi connectivity index (χ4n) is 2.72. The quantitative estimate of drug-likeness (QED) is 0.597. The molecule has 2 N–H and O–H groups in total. The van der Waals surface area contributed by atoms with Gasteiger partial charge in [-0.3, -0.25) is 0 Å². The van der Waals surface area contributed by atoms with Crippen molar-refractivity contribution in [1.82, 2.24) is 10.6 Å². The van der Waals surface area contributed by atoms with Crippen molar-refractivity contribution in [2.75, 3.05) is 4.90 Å². The van der Waals surface area contributed by atoms with Crippen molar-refractivity contribution in [3.63, 3.8) is 0 Å². The summed E-state index contributed by atoms with van der Waals surface area (Å²) in [6, 6.07) is 15.4. The van der Waals surface area contributed by atoms with Crippen LogP contribution in [0.5, 0.6) is 0 Å². The molecule has 0 fully saturated rings. The molecule has 1 heterocycles. The Bertz CT molecular complexity index is 800. The summed E-state index contributed by atoms with van der Waals surface area (Å²) in [6.45, 7) is 4.09. The summed E-state index contributed by atoms with van der Waals surface area (Å²) in [4.78, 5) is 25.4. The molecule has 1 aliphatic rings. The SMILES string of the molecule is Cc1cc(C)cc(N2C=C(NC=O)[Se]C2NC(=O)c2ccccc2)c1. The van der Waals surface area contributed by atoms with E-state index in [0.717, 1.165) is 21.4 Å². The van der Waals surface area contributed by atoms with Gasteiger partial charge < -0.3 is 0 Å². The summed E-state index contributed by atoms with van der Waals surface area (Å²) in [5.74, 6) is -0.123. The number of carbonyl (C=O) groups is 2. The number of carbonyl (C=O) groups excluding carboxylic acids is 2. The first-order valence-electron chi connectivity index (χ1n) is 7.88. The average Bonchev–Trinajstić information content (AvgIpc) is 2.97. The van der Waals surface area contributed by atoms with Crippen LogP contribution in [0.4, 0.5) is 5.69 Å².